The van der Waals surface area contributed by atoms with Crippen LogP contribution >= 0.6 is 0 Å². The van der Waals surface area contributed by atoms with Crippen LogP contribution in [0.25, 0.3) is 0 Å². The number of nitrogens with one attached hydrogen (secondary N) is 2. The van der Waals surface area contributed by atoms with Crippen molar-refractivity contribution in [2.75, 3.05) is 31.5 Å². The van der Waals surface area contributed by atoms with Gasteiger partial charge in [-0.3, -0.25) is 4.79 Å². The van der Waals surface area contributed by atoms with Crippen molar-refractivity contribution in [3.05, 3.63) is 22.2 Å². The van der Waals surface area contributed by atoms with E-state index >= 15 is 0 Å². The molecule has 20 heavy (non-hydrogen) atoms. The van der Waals surface area contributed by atoms with E-state index < -0.39 is 0 Å². The number of H-pyrrole nitrogens is 1. The molecule has 0 aromatic carbocycles. The summed E-state index contributed by atoms with van der Waals surface area (Å²) in [5.41, 5.74) is -0.0824. The van der Waals surface area contributed by atoms with Gasteiger partial charge in [0.05, 0.1) is 0 Å². The van der Waals surface area contributed by atoms with Crippen LogP contribution in [0.1, 0.15) is 51.3 Å². The summed E-state index contributed by atoms with van der Waals surface area (Å²) in [6.07, 6.45) is 5.33. The molecule has 1 aliphatic heterocycles. The van der Waals surface area contributed by atoms with Crippen LogP contribution in [0.2, 0.25) is 0 Å². The number of hydrogen-bond acceptors (Lipinski definition) is 4. The highest BCUT2D eigenvalue weighted by atomic mass is 16.1. The van der Waals surface area contributed by atoms with Crippen molar-refractivity contribution in [2.24, 2.45) is 0 Å². The van der Waals surface area contributed by atoms with Gasteiger partial charge < -0.3 is 15.2 Å². The molecule has 0 saturated carbocycles. The normalized spacial score (nSPS) is 17.1. The Hall–Kier alpha value is -1.36. The maximum atomic E-state index is 11.6. The smallest absolute Gasteiger partial charge is 0.252 e. The van der Waals surface area contributed by atoms with Gasteiger partial charge in [-0.15, -0.1) is 0 Å². The molecule has 2 rings (SSSR count). The lowest BCUT2D eigenvalue weighted by molar-refractivity contribution is 0.296. The quantitative estimate of drug-likeness (QED) is 0.866. The van der Waals surface area contributed by atoms with Crippen LogP contribution in [-0.4, -0.2) is 41.0 Å². The molecule has 1 fully saturated rings. The summed E-state index contributed by atoms with van der Waals surface area (Å²) in [4.78, 5) is 21.3. The van der Waals surface area contributed by atoms with Crippen LogP contribution in [0.3, 0.4) is 0 Å². The molecule has 0 bridgehead atoms. The summed E-state index contributed by atoms with van der Waals surface area (Å²) in [6, 6.07) is 1.54. The summed E-state index contributed by atoms with van der Waals surface area (Å²) < 4.78 is 0. The molecule has 1 aromatic rings. The zero-order valence-electron chi connectivity index (χ0n) is 12.6. The van der Waals surface area contributed by atoms with Gasteiger partial charge in [-0.05, 0) is 25.9 Å². The molecular formula is C15H26N4O. The molecule has 0 atom stereocenters. The first-order valence-corrected chi connectivity index (χ1v) is 7.72. The van der Waals surface area contributed by atoms with Crippen LogP contribution in [0, 0.1) is 0 Å². The zero-order chi connectivity index (χ0) is 14.4. The lowest BCUT2D eigenvalue weighted by atomic mass is 10.2. The second kappa shape index (κ2) is 7.43. The van der Waals surface area contributed by atoms with Crippen LogP contribution in [0.4, 0.5) is 5.82 Å². The third-order valence-corrected chi connectivity index (χ3v) is 3.74. The van der Waals surface area contributed by atoms with Gasteiger partial charge in [0.25, 0.3) is 5.56 Å². The highest BCUT2D eigenvalue weighted by Crippen LogP contribution is 2.10. The van der Waals surface area contributed by atoms with E-state index in [4.69, 9.17) is 0 Å². The minimum Gasteiger partial charge on any atom is -0.369 e. The van der Waals surface area contributed by atoms with Crippen molar-refractivity contribution < 1.29 is 0 Å². The highest BCUT2D eigenvalue weighted by Gasteiger charge is 2.09. The first kappa shape index (κ1) is 15.0. The first-order chi connectivity index (χ1) is 9.65. The maximum Gasteiger partial charge on any atom is 0.252 e. The molecule has 1 aliphatic rings. The van der Waals surface area contributed by atoms with E-state index in [9.17, 15) is 4.79 Å². The Kier molecular flexibility index (Phi) is 5.59. The van der Waals surface area contributed by atoms with Gasteiger partial charge in [-0.1, -0.05) is 26.7 Å². The summed E-state index contributed by atoms with van der Waals surface area (Å²) in [7, 11) is 0. The van der Waals surface area contributed by atoms with Crippen molar-refractivity contribution in [1.29, 1.82) is 0 Å². The van der Waals surface area contributed by atoms with Crippen molar-refractivity contribution in [2.45, 2.75) is 45.4 Å². The highest BCUT2D eigenvalue weighted by molar-refractivity contribution is 5.33. The number of anilines is 1. The third kappa shape index (κ3) is 4.63. The summed E-state index contributed by atoms with van der Waals surface area (Å²) >= 11 is 0. The number of aromatic nitrogens is 2. The molecule has 5 heteroatoms. The molecule has 1 aromatic heterocycles. The van der Waals surface area contributed by atoms with Crippen molar-refractivity contribution >= 4 is 5.82 Å². The maximum absolute atomic E-state index is 11.6. The van der Waals surface area contributed by atoms with Crippen LogP contribution in [0.5, 0.6) is 0 Å². The molecule has 0 spiro atoms. The lowest BCUT2D eigenvalue weighted by Crippen LogP contribution is -2.30. The molecule has 112 valence electrons. The van der Waals surface area contributed by atoms with Gasteiger partial charge in [-0.2, -0.15) is 0 Å². The fraction of sp³-hybridized carbons (Fsp3) is 0.733. The van der Waals surface area contributed by atoms with Gasteiger partial charge in [0, 0.05) is 25.1 Å². The minimum absolute atomic E-state index is 0.0824. The predicted octanol–water partition coefficient (Wildman–Crippen LogP) is 2.18. The topological polar surface area (TPSA) is 61.0 Å². The average Bonchev–Trinajstić information content (AvgIpc) is 2.67. The van der Waals surface area contributed by atoms with E-state index in [2.05, 4.69) is 20.2 Å². The fourth-order valence-electron chi connectivity index (χ4n) is 2.54. The number of rotatable bonds is 5. The molecule has 1 saturated heterocycles. The Balaban J connectivity index is 1.85. The first-order valence-electron chi connectivity index (χ1n) is 7.72. The second-order valence-corrected chi connectivity index (χ2v) is 5.85. The summed E-state index contributed by atoms with van der Waals surface area (Å²) in [5, 5.41) is 3.28. The average molecular weight is 278 g/mol. The molecule has 5 nitrogen and oxygen atoms in total. The molecule has 0 radical (unpaired) electrons. The van der Waals surface area contributed by atoms with Crippen molar-refractivity contribution in [3.63, 3.8) is 0 Å². The second-order valence-electron chi connectivity index (χ2n) is 5.85. The van der Waals surface area contributed by atoms with E-state index in [1.54, 1.807) is 0 Å². The van der Waals surface area contributed by atoms with Gasteiger partial charge in [0.2, 0.25) is 0 Å². The molecular weight excluding hydrogens is 252 g/mol. The van der Waals surface area contributed by atoms with Crippen molar-refractivity contribution in [3.8, 4) is 0 Å². The zero-order valence-corrected chi connectivity index (χ0v) is 12.6. The fourth-order valence-corrected chi connectivity index (χ4v) is 2.54. The number of aromatic amines is 1. The molecule has 2 heterocycles. The Morgan fingerprint density at radius 2 is 2.00 bits per heavy atom. The Labute approximate surface area is 120 Å². The van der Waals surface area contributed by atoms with E-state index in [0.717, 1.165) is 18.9 Å². The van der Waals surface area contributed by atoms with E-state index in [1.807, 2.05) is 13.8 Å². The SMILES string of the molecule is CC(C)c1nc(NCCN2CCCCCC2)cc(=O)[nH]1. The Morgan fingerprint density at radius 3 is 2.65 bits per heavy atom. The molecule has 0 amide bonds. The summed E-state index contributed by atoms with van der Waals surface area (Å²) in [5.74, 6) is 1.66. The number of hydrogen-bond donors (Lipinski definition) is 2. The molecule has 0 aliphatic carbocycles. The van der Waals surface area contributed by atoms with E-state index in [1.165, 1.54) is 44.8 Å². The standard InChI is InChI=1S/C15H26N4O/c1-12(2)15-17-13(11-14(20)18-15)16-7-10-19-8-5-3-4-6-9-19/h11-12H,3-10H2,1-2H3,(H2,16,17,18,20). The monoisotopic (exact) mass is 278 g/mol. The molecule has 0 unspecified atom stereocenters. The third-order valence-electron chi connectivity index (χ3n) is 3.74. The van der Waals surface area contributed by atoms with Crippen molar-refractivity contribution in [1.82, 2.24) is 14.9 Å². The minimum atomic E-state index is -0.0824. The van der Waals surface area contributed by atoms with Crippen LogP contribution in [-0.2, 0) is 0 Å². The molecule has 2 N–H and O–H groups in total. The number of likely N-dealkylation sites (tertiary alicyclic amines) is 1. The van der Waals surface area contributed by atoms with E-state index in [0.29, 0.717) is 5.82 Å². The van der Waals surface area contributed by atoms with E-state index in [-0.39, 0.29) is 11.5 Å². The Morgan fingerprint density at radius 1 is 1.30 bits per heavy atom. The van der Waals surface area contributed by atoms with Gasteiger partial charge in [-0.25, -0.2) is 4.98 Å². The van der Waals surface area contributed by atoms with Gasteiger partial charge >= 0.3 is 0 Å². The predicted molar refractivity (Wildman–Crippen MR) is 82.3 cm³/mol. The number of nitrogens with zero attached hydrogens (tertiary/aromatic N) is 2. The van der Waals surface area contributed by atoms with Gasteiger partial charge in [0.15, 0.2) is 0 Å². The summed E-state index contributed by atoms with van der Waals surface area (Å²) in [6.45, 7) is 8.31. The van der Waals surface area contributed by atoms with Crippen LogP contribution in [0.15, 0.2) is 10.9 Å². The lowest BCUT2D eigenvalue weighted by Gasteiger charge is -2.20. The largest absolute Gasteiger partial charge is 0.369 e. The Bertz CT molecular complexity index is 461. The van der Waals surface area contributed by atoms with Crippen LogP contribution < -0.4 is 10.9 Å². The van der Waals surface area contributed by atoms with Gasteiger partial charge in [0.1, 0.15) is 11.6 Å².